The van der Waals surface area contributed by atoms with Gasteiger partial charge in [-0.15, -0.1) is 24.0 Å². The van der Waals surface area contributed by atoms with Crippen LogP contribution in [0.15, 0.2) is 4.99 Å². The summed E-state index contributed by atoms with van der Waals surface area (Å²) in [6, 6.07) is 0.515. The normalized spacial score (nSPS) is 25.5. The van der Waals surface area contributed by atoms with Gasteiger partial charge in [0.1, 0.15) is 0 Å². The van der Waals surface area contributed by atoms with E-state index in [1.54, 1.807) is 0 Å². The van der Waals surface area contributed by atoms with E-state index in [0.29, 0.717) is 17.6 Å². The zero-order chi connectivity index (χ0) is 16.9. The first-order valence-electron chi connectivity index (χ1n) is 9.33. The Hall–Kier alpha value is -0.0800. The van der Waals surface area contributed by atoms with E-state index in [9.17, 15) is 0 Å². The molecule has 0 radical (unpaired) electrons. The zero-order valence-electron chi connectivity index (χ0n) is 16.1. The standard InChI is InChI=1S/C18H36N4O.HI/c1-6-19-16(20-11-12-21-17(3,4)5)22-14-13-15(23-7-2)18(14)9-8-10-18;/h14-15,21H,6-13H2,1-5H3,(H2,19,20,22);1H. The number of ether oxygens (including phenoxy) is 1. The number of halogens is 1. The number of rotatable bonds is 7. The van der Waals surface area contributed by atoms with Crippen molar-refractivity contribution in [3.63, 3.8) is 0 Å². The third-order valence-corrected chi connectivity index (χ3v) is 5.13. The van der Waals surface area contributed by atoms with Crippen molar-refractivity contribution in [2.24, 2.45) is 10.4 Å². The summed E-state index contributed by atoms with van der Waals surface area (Å²) in [6.07, 6.45) is 5.48. The van der Waals surface area contributed by atoms with Crippen molar-refractivity contribution in [3.8, 4) is 0 Å². The van der Waals surface area contributed by atoms with Gasteiger partial charge in [-0.25, -0.2) is 0 Å². The number of guanidine groups is 1. The second-order valence-electron chi connectivity index (χ2n) is 7.90. The molecular formula is C18H37IN4O. The minimum absolute atomic E-state index is 0. The van der Waals surface area contributed by atoms with Crippen LogP contribution in [-0.2, 0) is 4.74 Å². The van der Waals surface area contributed by atoms with Crippen molar-refractivity contribution >= 4 is 29.9 Å². The number of hydrogen-bond donors (Lipinski definition) is 3. The highest BCUT2D eigenvalue weighted by Crippen LogP contribution is 2.57. The molecule has 3 N–H and O–H groups in total. The first-order chi connectivity index (χ1) is 10.9. The largest absolute Gasteiger partial charge is 0.378 e. The summed E-state index contributed by atoms with van der Waals surface area (Å²) in [6.45, 7) is 14.2. The van der Waals surface area contributed by atoms with Crippen LogP contribution < -0.4 is 16.0 Å². The number of aliphatic imine (C=N–C) groups is 1. The van der Waals surface area contributed by atoms with Crippen molar-refractivity contribution in [2.45, 2.75) is 78.0 Å². The molecule has 0 aliphatic heterocycles. The molecule has 5 nitrogen and oxygen atoms in total. The van der Waals surface area contributed by atoms with Crippen molar-refractivity contribution in [3.05, 3.63) is 0 Å². The molecule has 24 heavy (non-hydrogen) atoms. The third kappa shape index (κ3) is 5.46. The monoisotopic (exact) mass is 452 g/mol. The van der Waals surface area contributed by atoms with Crippen LogP contribution >= 0.6 is 24.0 Å². The minimum Gasteiger partial charge on any atom is -0.378 e. The maximum atomic E-state index is 5.93. The molecule has 0 aromatic carbocycles. The molecule has 2 rings (SSSR count). The van der Waals surface area contributed by atoms with Crippen LogP contribution in [0.25, 0.3) is 0 Å². The average Bonchev–Trinajstić information content (AvgIpc) is 2.39. The van der Waals surface area contributed by atoms with E-state index >= 15 is 0 Å². The van der Waals surface area contributed by atoms with Crippen molar-refractivity contribution < 1.29 is 4.74 Å². The molecule has 2 aliphatic carbocycles. The summed E-state index contributed by atoms with van der Waals surface area (Å²) in [5.41, 5.74) is 0.520. The fraction of sp³-hybridized carbons (Fsp3) is 0.944. The van der Waals surface area contributed by atoms with Crippen LogP contribution in [-0.4, -0.2) is 49.9 Å². The quantitative estimate of drug-likeness (QED) is 0.241. The first-order valence-corrected chi connectivity index (χ1v) is 9.33. The lowest BCUT2D eigenvalue weighted by atomic mass is 9.51. The number of nitrogens with one attached hydrogen (secondary N) is 3. The van der Waals surface area contributed by atoms with E-state index in [0.717, 1.165) is 38.6 Å². The molecule has 6 heteroatoms. The average molecular weight is 452 g/mol. The van der Waals surface area contributed by atoms with Gasteiger partial charge in [-0.2, -0.15) is 0 Å². The van der Waals surface area contributed by atoms with Gasteiger partial charge >= 0.3 is 0 Å². The smallest absolute Gasteiger partial charge is 0.191 e. The van der Waals surface area contributed by atoms with E-state index in [1.165, 1.54) is 19.3 Å². The molecule has 0 aromatic rings. The van der Waals surface area contributed by atoms with Gasteiger partial charge in [-0.3, -0.25) is 4.99 Å². The van der Waals surface area contributed by atoms with Gasteiger partial charge in [0.15, 0.2) is 5.96 Å². The van der Waals surface area contributed by atoms with Crippen LogP contribution in [0.5, 0.6) is 0 Å². The molecule has 2 unspecified atom stereocenters. The molecule has 142 valence electrons. The summed E-state index contributed by atoms with van der Waals surface area (Å²) in [4.78, 5) is 4.72. The van der Waals surface area contributed by atoms with Crippen LogP contribution in [0, 0.1) is 5.41 Å². The Balaban J connectivity index is 0.00000288. The summed E-state index contributed by atoms with van der Waals surface area (Å²) in [5, 5.41) is 10.5. The minimum atomic E-state index is 0. The van der Waals surface area contributed by atoms with Crippen molar-refractivity contribution in [2.75, 3.05) is 26.2 Å². The number of nitrogens with zero attached hydrogens (tertiary/aromatic N) is 1. The van der Waals surface area contributed by atoms with Gasteiger partial charge in [-0.1, -0.05) is 6.42 Å². The molecule has 1 spiro atoms. The number of hydrogen-bond acceptors (Lipinski definition) is 3. The molecule has 2 aliphatic rings. The summed E-state index contributed by atoms with van der Waals surface area (Å²) in [7, 11) is 0. The lowest BCUT2D eigenvalue weighted by Crippen LogP contribution is -2.68. The topological polar surface area (TPSA) is 57.7 Å². The highest BCUT2D eigenvalue weighted by atomic mass is 127. The SMILES string of the molecule is CCNC(=NCCNC(C)(C)C)NC1CC(OCC)C12CCC2.I. The molecular weight excluding hydrogens is 415 g/mol. The second-order valence-corrected chi connectivity index (χ2v) is 7.90. The summed E-state index contributed by atoms with van der Waals surface area (Å²) < 4.78 is 5.93. The van der Waals surface area contributed by atoms with Crippen molar-refractivity contribution in [1.82, 2.24) is 16.0 Å². The molecule has 2 atom stereocenters. The van der Waals surface area contributed by atoms with Crippen molar-refractivity contribution in [1.29, 1.82) is 0 Å². The van der Waals surface area contributed by atoms with Gasteiger partial charge in [0, 0.05) is 36.7 Å². The Morgan fingerprint density at radius 2 is 1.96 bits per heavy atom. The summed E-state index contributed by atoms with van der Waals surface area (Å²) >= 11 is 0. The lowest BCUT2D eigenvalue weighted by molar-refractivity contribution is -0.168. The van der Waals surface area contributed by atoms with Gasteiger partial charge in [0.25, 0.3) is 0 Å². The van der Waals surface area contributed by atoms with E-state index in [-0.39, 0.29) is 29.5 Å². The predicted molar refractivity (Wildman–Crippen MR) is 112 cm³/mol. The van der Waals surface area contributed by atoms with E-state index < -0.39 is 0 Å². The molecule has 0 bridgehead atoms. The molecule has 0 amide bonds. The summed E-state index contributed by atoms with van der Waals surface area (Å²) in [5.74, 6) is 0.953. The Labute approximate surface area is 165 Å². The van der Waals surface area contributed by atoms with Crippen LogP contribution in [0.4, 0.5) is 0 Å². The highest BCUT2D eigenvalue weighted by Gasteiger charge is 2.59. The van der Waals surface area contributed by atoms with Gasteiger partial charge in [-0.05, 0) is 53.9 Å². The molecule has 2 saturated carbocycles. The molecule has 2 fully saturated rings. The van der Waals surface area contributed by atoms with E-state index in [2.05, 4.69) is 50.6 Å². The Morgan fingerprint density at radius 1 is 1.25 bits per heavy atom. The fourth-order valence-electron chi connectivity index (χ4n) is 3.72. The Bertz CT molecular complexity index is 404. The third-order valence-electron chi connectivity index (χ3n) is 5.13. The van der Waals surface area contributed by atoms with Gasteiger partial charge in [0.2, 0.25) is 0 Å². The maximum absolute atomic E-state index is 5.93. The van der Waals surface area contributed by atoms with Gasteiger partial charge < -0.3 is 20.7 Å². The fourth-order valence-corrected chi connectivity index (χ4v) is 3.72. The molecule has 0 aromatic heterocycles. The van der Waals surface area contributed by atoms with Crippen LogP contribution in [0.3, 0.4) is 0 Å². The lowest BCUT2D eigenvalue weighted by Gasteiger charge is -2.61. The molecule has 0 heterocycles. The highest BCUT2D eigenvalue weighted by molar-refractivity contribution is 14.0. The van der Waals surface area contributed by atoms with E-state index in [1.807, 2.05) is 0 Å². The second kappa shape index (κ2) is 9.57. The molecule has 0 saturated heterocycles. The zero-order valence-corrected chi connectivity index (χ0v) is 18.4. The Morgan fingerprint density at radius 3 is 2.46 bits per heavy atom. The Kier molecular flexibility index (Phi) is 8.76. The van der Waals surface area contributed by atoms with Gasteiger partial charge in [0.05, 0.1) is 12.6 Å². The first kappa shape index (κ1) is 22.0. The van der Waals surface area contributed by atoms with E-state index in [4.69, 9.17) is 9.73 Å². The van der Waals surface area contributed by atoms with Crippen LogP contribution in [0.1, 0.15) is 60.3 Å². The van der Waals surface area contributed by atoms with Crippen LogP contribution in [0.2, 0.25) is 0 Å². The maximum Gasteiger partial charge on any atom is 0.191 e. The predicted octanol–water partition coefficient (Wildman–Crippen LogP) is 2.90.